The van der Waals surface area contributed by atoms with Crippen molar-refractivity contribution in [1.82, 2.24) is 10.6 Å². The predicted molar refractivity (Wildman–Crippen MR) is 94.9 cm³/mol. The van der Waals surface area contributed by atoms with Crippen LogP contribution in [0.4, 0.5) is 0 Å². The van der Waals surface area contributed by atoms with Gasteiger partial charge in [0.15, 0.2) is 5.96 Å². The summed E-state index contributed by atoms with van der Waals surface area (Å²) in [6, 6.07) is 4.31. The molecule has 1 heterocycles. The van der Waals surface area contributed by atoms with Crippen molar-refractivity contribution >= 4 is 41.3 Å². The number of aliphatic imine (C=N–C) groups is 1. The number of nitrogens with zero attached hydrogens (tertiary/aromatic N) is 1. The van der Waals surface area contributed by atoms with Gasteiger partial charge in [-0.2, -0.15) is 0 Å². The number of hydrogen-bond donors (Lipinski definition) is 2. The average Bonchev–Trinajstić information content (AvgIpc) is 3.04. The topological polar surface area (TPSA) is 36.4 Å². The Hall–Kier alpha value is -0.300. The molecule has 1 fully saturated rings. The van der Waals surface area contributed by atoms with Gasteiger partial charge in [-0.15, -0.1) is 35.3 Å². The van der Waals surface area contributed by atoms with Crippen molar-refractivity contribution in [1.29, 1.82) is 0 Å². The molecule has 2 N–H and O–H groups in total. The fraction of sp³-hybridized carbons (Fsp3) is 0.643. The molecule has 3 nitrogen and oxygen atoms in total. The molecule has 1 atom stereocenters. The van der Waals surface area contributed by atoms with E-state index < -0.39 is 0 Å². The normalized spacial score (nSPS) is 16.6. The maximum atomic E-state index is 4.26. The molecule has 19 heavy (non-hydrogen) atoms. The fourth-order valence-corrected chi connectivity index (χ4v) is 2.73. The lowest BCUT2D eigenvalue weighted by Gasteiger charge is -2.15. The number of guanidine groups is 1. The molecule has 2 rings (SSSR count). The van der Waals surface area contributed by atoms with Gasteiger partial charge in [0.25, 0.3) is 0 Å². The van der Waals surface area contributed by atoms with Crippen LogP contribution in [0.15, 0.2) is 22.5 Å². The molecule has 0 saturated heterocycles. The molecule has 1 aromatic heterocycles. The van der Waals surface area contributed by atoms with Crippen LogP contribution in [0.5, 0.6) is 0 Å². The predicted octanol–water partition coefficient (Wildman–Crippen LogP) is 3.43. The second-order valence-electron chi connectivity index (χ2n) is 5.03. The molecule has 0 aliphatic heterocycles. The molecule has 108 valence electrons. The molecule has 0 spiro atoms. The first-order chi connectivity index (χ1) is 8.79. The molecule has 1 saturated carbocycles. The van der Waals surface area contributed by atoms with Crippen LogP contribution in [0.3, 0.4) is 0 Å². The SMILES string of the molecule is CN=C(NCCC1CC1)NCC(C)c1cccs1.I. The molecule has 0 amide bonds. The number of halogens is 1. The van der Waals surface area contributed by atoms with Gasteiger partial charge in [-0.3, -0.25) is 4.99 Å². The highest BCUT2D eigenvalue weighted by Gasteiger charge is 2.20. The van der Waals surface area contributed by atoms with Gasteiger partial charge in [0.2, 0.25) is 0 Å². The minimum absolute atomic E-state index is 0. The van der Waals surface area contributed by atoms with Crippen LogP contribution in [0.25, 0.3) is 0 Å². The Morgan fingerprint density at radius 3 is 2.84 bits per heavy atom. The van der Waals surface area contributed by atoms with Gasteiger partial charge < -0.3 is 10.6 Å². The Labute approximate surface area is 137 Å². The Bertz CT molecular complexity index is 374. The Kier molecular flexibility index (Phi) is 7.75. The van der Waals surface area contributed by atoms with Gasteiger partial charge in [-0.1, -0.05) is 25.8 Å². The van der Waals surface area contributed by atoms with Crippen molar-refractivity contribution in [3.8, 4) is 0 Å². The zero-order chi connectivity index (χ0) is 12.8. The second-order valence-corrected chi connectivity index (χ2v) is 6.01. The summed E-state index contributed by atoms with van der Waals surface area (Å²) in [5.41, 5.74) is 0. The third-order valence-electron chi connectivity index (χ3n) is 3.37. The molecule has 1 unspecified atom stereocenters. The standard InChI is InChI=1S/C14H23N3S.HI/c1-11(13-4-3-9-18-13)10-17-14(15-2)16-8-7-12-5-6-12;/h3-4,9,11-12H,5-8,10H2,1-2H3,(H2,15,16,17);1H. The number of rotatable bonds is 6. The number of thiophene rings is 1. The summed E-state index contributed by atoms with van der Waals surface area (Å²) in [4.78, 5) is 5.68. The third-order valence-corrected chi connectivity index (χ3v) is 4.47. The monoisotopic (exact) mass is 393 g/mol. The van der Waals surface area contributed by atoms with Crippen LogP contribution in [0.2, 0.25) is 0 Å². The molecule has 1 aromatic rings. The Balaban J connectivity index is 0.00000180. The largest absolute Gasteiger partial charge is 0.356 e. The Morgan fingerprint density at radius 2 is 2.26 bits per heavy atom. The lowest BCUT2D eigenvalue weighted by atomic mass is 10.1. The van der Waals surface area contributed by atoms with E-state index in [2.05, 4.69) is 40.1 Å². The summed E-state index contributed by atoms with van der Waals surface area (Å²) in [6.45, 7) is 4.22. The zero-order valence-corrected chi connectivity index (χ0v) is 14.8. The molecule has 1 aliphatic carbocycles. The lowest BCUT2D eigenvalue weighted by Crippen LogP contribution is -2.39. The van der Waals surface area contributed by atoms with E-state index in [4.69, 9.17) is 0 Å². The molecular weight excluding hydrogens is 369 g/mol. The molecule has 0 aromatic carbocycles. The van der Waals surface area contributed by atoms with E-state index in [1.165, 1.54) is 24.1 Å². The lowest BCUT2D eigenvalue weighted by molar-refractivity contribution is 0.668. The first-order valence-electron chi connectivity index (χ1n) is 6.77. The van der Waals surface area contributed by atoms with Gasteiger partial charge in [0.1, 0.15) is 0 Å². The van der Waals surface area contributed by atoms with Gasteiger partial charge >= 0.3 is 0 Å². The minimum Gasteiger partial charge on any atom is -0.356 e. The van der Waals surface area contributed by atoms with Crippen molar-refractivity contribution in [2.75, 3.05) is 20.1 Å². The van der Waals surface area contributed by atoms with Crippen LogP contribution in [-0.2, 0) is 0 Å². The number of hydrogen-bond acceptors (Lipinski definition) is 2. The minimum atomic E-state index is 0. The summed E-state index contributed by atoms with van der Waals surface area (Å²) >= 11 is 1.82. The summed E-state index contributed by atoms with van der Waals surface area (Å²) in [5.74, 6) is 2.44. The first-order valence-corrected chi connectivity index (χ1v) is 7.65. The third kappa shape index (κ3) is 6.12. The summed E-state index contributed by atoms with van der Waals surface area (Å²) in [5, 5.41) is 8.91. The van der Waals surface area contributed by atoms with E-state index in [-0.39, 0.29) is 24.0 Å². The highest BCUT2D eigenvalue weighted by Crippen LogP contribution is 2.31. The average molecular weight is 393 g/mol. The highest BCUT2D eigenvalue weighted by molar-refractivity contribution is 14.0. The van der Waals surface area contributed by atoms with Gasteiger partial charge in [-0.05, 0) is 23.8 Å². The first kappa shape index (κ1) is 16.8. The maximum Gasteiger partial charge on any atom is 0.190 e. The van der Waals surface area contributed by atoms with Gasteiger partial charge in [0.05, 0.1) is 0 Å². The van der Waals surface area contributed by atoms with E-state index >= 15 is 0 Å². The van der Waals surface area contributed by atoms with Crippen molar-refractivity contribution in [2.45, 2.75) is 32.1 Å². The summed E-state index contributed by atoms with van der Waals surface area (Å²) in [6.07, 6.45) is 4.12. The quantitative estimate of drug-likeness (QED) is 0.441. The molecule has 0 radical (unpaired) electrons. The summed E-state index contributed by atoms with van der Waals surface area (Å²) in [7, 11) is 1.84. The van der Waals surface area contributed by atoms with E-state index in [0.29, 0.717) is 5.92 Å². The van der Waals surface area contributed by atoms with Crippen molar-refractivity contribution in [3.63, 3.8) is 0 Å². The van der Waals surface area contributed by atoms with Crippen molar-refractivity contribution < 1.29 is 0 Å². The van der Waals surface area contributed by atoms with Gasteiger partial charge in [0, 0.05) is 30.9 Å². The van der Waals surface area contributed by atoms with Gasteiger partial charge in [-0.25, -0.2) is 0 Å². The van der Waals surface area contributed by atoms with Crippen LogP contribution in [-0.4, -0.2) is 26.1 Å². The fourth-order valence-electron chi connectivity index (χ4n) is 1.94. The van der Waals surface area contributed by atoms with Crippen LogP contribution in [0.1, 0.15) is 37.0 Å². The van der Waals surface area contributed by atoms with Crippen LogP contribution < -0.4 is 10.6 Å². The molecular formula is C14H24IN3S. The van der Waals surface area contributed by atoms with Crippen molar-refractivity contribution in [3.05, 3.63) is 22.4 Å². The summed E-state index contributed by atoms with van der Waals surface area (Å²) < 4.78 is 0. The highest BCUT2D eigenvalue weighted by atomic mass is 127. The number of nitrogens with one attached hydrogen (secondary N) is 2. The molecule has 0 bridgehead atoms. The smallest absolute Gasteiger partial charge is 0.190 e. The molecule has 1 aliphatic rings. The van der Waals surface area contributed by atoms with E-state index in [1.54, 1.807) is 0 Å². The van der Waals surface area contributed by atoms with E-state index in [1.807, 2.05) is 18.4 Å². The second kappa shape index (κ2) is 8.79. The zero-order valence-electron chi connectivity index (χ0n) is 11.7. The van der Waals surface area contributed by atoms with E-state index in [9.17, 15) is 0 Å². The molecule has 5 heteroatoms. The van der Waals surface area contributed by atoms with E-state index in [0.717, 1.165) is 25.0 Å². The Morgan fingerprint density at radius 1 is 1.47 bits per heavy atom. The van der Waals surface area contributed by atoms with Crippen LogP contribution in [0, 0.1) is 5.92 Å². The van der Waals surface area contributed by atoms with Crippen LogP contribution >= 0.6 is 35.3 Å². The maximum absolute atomic E-state index is 4.26. The van der Waals surface area contributed by atoms with Crippen molar-refractivity contribution in [2.24, 2.45) is 10.9 Å².